The molecule has 0 aromatic heterocycles. The number of rotatable bonds is 1. The fraction of sp³-hybridized carbons (Fsp3) is 0.750. The number of carbonyl (C=O) groups is 2. The van der Waals surface area contributed by atoms with Crippen LogP contribution in [-0.2, 0) is 14.3 Å². The maximum atomic E-state index is 12.3. The minimum atomic E-state index is -0.706. The zero-order valence-electron chi connectivity index (χ0n) is 13.3. The maximum Gasteiger partial charge on any atom is 0.410 e. The lowest BCUT2D eigenvalue weighted by atomic mass is 9.66. The zero-order valence-corrected chi connectivity index (χ0v) is 13.3. The van der Waals surface area contributed by atoms with Gasteiger partial charge in [-0.25, -0.2) is 4.79 Å². The van der Waals surface area contributed by atoms with Crippen LogP contribution in [0.25, 0.3) is 0 Å². The van der Waals surface area contributed by atoms with Gasteiger partial charge in [0.15, 0.2) is 0 Å². The second-order valence-electron chi connectivity index (χ2n) is 6.90. The van der Waals surface area contributed by atoms with Gasteiger partial charge in [0, 0.05) is 13.1 Å². The van der Waals surface area contributed by atoms with Gasteiger partial charge in [-0.15, -0.1) is 0 Å². The Bertz CT molecular complexity index is 452. The van der Waals surface area contributed by atoms with Gasteiger partial charge in [-0.1, -0.05) is 12.2 Å². The van der Waals surface area contributed by atoms with Crippen molar-refractivity contribution in [3.05, 3.63) is 12.2 Å². The lowest BCUT2D eigenvalue weighted by Gasteiger charge is -2.46. The van der Waals surface area contributed by atoms with Crippen LogP contribution in [0.5, 0.6) is 0 Å². The molecule has 1 heterocycles. The van der Waals surface area contributed by atoms with Gasteiger partial charge >= 0.3 is 12.1 Å². The zero-order chi connectivity index (χ0) is 15.7. The number of hydrogen-bond donors (Lipinski definition) is 0. The van der Waals surface area contributed by atoms with Crippen LogP contribution >= 0.6 is 0 Å². The molecular weight excluding hydrogens is 270 g/mol. The van der Waals surface area contributed by atoms with Gasteiger partial charge in [0.2, 0.25) is 0 Å². The molecule has 5 heteroatoms. The molecule has 0 N–H and O–H groups in total. The van der Waals surface area contributed by atoms with Crippen LogP contribution < -0.4 is 0 Å². The summed E-state index contributed by atoms with van der Waals surface area (Å²) in [5.41, 5.74) is -1.24. The standard InChI is InChI=1S/C16H25NO4/c1-15(2,3)21-14(19)17-10-8-12-7-5-6-9-16(12,11-17)13(18)20-4/h6,9,12H,5,7-8,10-11H2,1-4H3. The van der Waals surface area contributed by atoms with Gasteiger partial charge in [-0.05, 0) is 46.0 Å². The number of nitrogens with zero attached hydrogens (tertiary/aromatic N) is 1. The van der Waals surface area contributed by atoms with E-state index in [2.05, 4.69) is 0 Å². The first-order valence-electron chi connectivity index (χ1n) is 7.52. The van der Waals surface area contributed by atoms with Gasteiger partial charge in [-0.2, -0.15) is 0 Å². The molecule has 2 aliphatic rings. The Hall–Kier alpha value is -1.52. The Morgan fingerprint density at radius 3 is 2.62 bits per heavy atom. The van der Waals surface area contributed by atoms with Crippen molar-refractivity contribution in [2.75, 3.05) is 20.2 Å². The van der Waals surface area contributed by atoms with E-state index in [9.17, 15) is 9.59 Å². The number of carbonyl (C=O) groups excluding carboxylic acids is 2. The van der Waals surface area contributed by atoms with Gasteiger partial charge in [-0.3, -0.25) is 4.79 Å². The van der Waals surface area contributed by atoms with Crippen LogP contribution in [0.4, 0.5) is 4.79 Å². The Labute approximate surface area is 126 Å². The van der Waals surface area contributed by atoms with Crippen molar-refractivity contribution in [2.45, 2.75) is 45.6 Å². The second kappa shape index (κ2) is 5.70. The summed E-state index contributed by atoms with van der Waals surface area (Å²) in [7, 11) is 1.41. The molecule has 0 spiro atoms. The molecule has 0 bridgehead atoms. The highest BCUT2D eigenvalue weighted by Crippen LogP contribution is 2.44. The molecule has 0 saturated carbocycles. The Morgan fingerprint density at radius 1 is 1.29 bits per heavy atom. The molecular formula is C16H25NO4. The lowest BCUT2D eigenvalue weighted by molar-refractivity contribution is -0.156. The molecule has 1 fully saturated rings. The van der Waals surface area contributed by atoms with Crippen molar-refractivity contribution < 1.29 is 19.1 Å². The van der Waals surface area contributed by atoms with E-state index < -0.39 is 11.0 Å². The minimum absolute atomic E-state index is 0.244. The van der Waals surface area contributed by atoms with Crippen molar-refractivity contribution in [1.29, 1.82) is 0 Å². The summed E-state index contributed by atoms with van der Waals surface area (Å²) in [6.45, 7) is 6.50. The molecule has 2 rings (SSSR count). The van der Waals surface area contributed by atoms with Crippen molar-refractivity contribution in [3.63, 3.8) is 0 Å². The average Bonchev–Trinajstić information content (AvgIpc) is 2.43. The third kappa shape index (κ3) is 3.22. The summed E-state index contributed by atoms with van der Waals surface area (Å²) >= 11 is 0. The number of amides is 1. The number of hydrogen-bond acceptors (Lipinski definition) is 4. The predicted molar refractivity (Wildman–Crippen MR) is 78.7 cm³/mol. The Kier molecular flexibility index (Phi) is 4.30. The number of ether oxygens (including phenoxy) is 2. The van der Waals surface area contributed by atoms with Crippen molar-refractivity contribution in [1.82, 2.24) is 4.90 Å². The summed E-state index contributed by atoms with van der Waals surface area (Å²) in [5, 5.41) is 0. The highest BCUT2D eigenvalue weighted by Gasteiger charge is 2.50. The van der Waals surface area contributed by atoms with Gasteiger partial charge in [0.05, 0.1) is 7.11 Å². The van der Waals surface area contributed by atoms with Gasteiger partial charge < -0.3 is 14.4 Å². The summed E-state index contributed by atoms with van der Waals surface area (Å²) in [6, 6.07) is 0. The second-order valence-corrected chi connectivity index (χ2v) is 6.90. The van der Waals surface area contributed by atoms with Gasteiger partial charge in [0.25, 0.3) is 0 Å². The quantitative estimate of drug-likeness (QED) is 0.551. The molecule has 1 aliphatic heterocycles. The van der Waals surface area contributed by atoms with E-state index in [0.29, 0.717) is 13.1 Å². The number of fused-ring (bicyclic) bond motifs is 1. The van der Waals surface area contributed by atoms with Crippen LogP contribution in [0.2, 0.25) is 0 Å². The Morgan fingerprint density at radius 2 is 2.00 bits per heavy atom. The number of esters is 1. The molecule has 2 atom stereocenters. The molecule has 0 aromatic rings. The van der Waals surface area contributed by atoms with Crippen molar-refractivity contribution in [3.8, 4) is 0 Å². The average molecular weight is 295 g/mol. The first-order chi connectivity index (χ1) is 9.78. The van der Waals surface area contributed by atoms with Crippen LogP contribution in [0.1, 0.15) is 40.0 Å². The predicted octanol–water partition coefficient (Wildman–Crippen LogP) is 2.75. The maximum absolute atomic E-state index is 12.3. The number of likely N-dealkylation sites (tertiary alicyclic amines) is 1. The van der Waals surface area contributed by atoms with E-state index in [-0.39, 0.29) is 18.0 Å². The summed E-state index contributed by atoms with van der Waals surface area (Å²) in [5.74, 6) is -0.00894. The summed E-state index contributed by atoms with van der Waals surface area (Å²) in [4.78, 5) is 26.2. The SMILES string of the molecule is COC(=O)C12C=CCCC1CCN(C(=O)OC(C)(C)C)C2. The van der Waals surface area contributed by atoms with Crippen LogP contribution in [0, 0.1) is 11.3 Å². The third-order valence-electron chi connectivity index (χ3n) is 4.24. The van der Waals surface area contributed by atoms with Crippen LogP contribution in [-0.4, -0.2) is 42.8 Å². The van der Waals surface area contributed by atoms with E-state index in [1.54, 1.807) is 4.90 Å². The fourth-order valence-corrected chi connectivity index (χ4v) is 3.25. The normalized spacial score (nSPS) is 28.8. The first kappa shape index (κ1) is 15.9. The summed E-state index contributed by atoms with van der Waals surface area (Å²) < 4.78 is 10.4. The number of piperidine rings is 1. The minimum Gasteiger partial charge on any atom is -0.468 e. The molecule has 118 valence electrons. The van der Waals surface area contributed by atoms with E-state index in [1.165, 1.54) is 7.11 Å². The largest absolute Gasteiger partial charge is 0.468 e. The molecule has 2 unspecified atom stereocenters. The lowest BCUT2D eigenvalue weighted by Crippen LogP contribution is -2.55. The van der Waals surface area contributed by atoms with E-state index in [0.717, 1.165) is 19.3 Å². The number of allylic oxidation sites excluding steroid dienone is 1. The first-order valence-corrected chi connectivity index (χ1v) is 7.52. The highest BCUT2D eigenvalue weighted by molar-refractivity contribution is 5.81. The fourth-order valence-electron chi connectivity index (χ4n) is 3.25. The topological polar surface area (TPSA) is 55.8 Å². The van der Waals surface area contributed by atoms with Crippen LogP contribution in [0.3, 0.4) is 0 Å². The van der Waals surface area contributed by atoms with Crippen LogP contribution in [0.15, 0.2) is 12.2 Å². The van der Waals surface area contributed by atoms with Gasteiger partial charge in [0.1, 0.15) is 11.0 Å². The Balaban J connectivity index is 2.19. The third-order valence-corrected chi connectivity index (χ3v) is 4.24. The van der Waals surface area contributed by atoms with E-state index >= 15 is 0 Å². The molecule has 0 radical (unpaired) electrons. The van der Waals surface area contributed by atoms with Crippen molar-refractivity contribution in [2.24, 2.45) is 11.3 Å². The molecule has 1 saturated heterocycles. The molecule has 21 heavy (non-hydrogen) atoms. The molecule has 1 aliphatic carbocycles. The van der Waals surface area contributed by atoms with E-state index in [1.807, 2.05) is 32.9 Å². The molecule has 0 aromatic carbocycles. The number of methoxy groups -OCH3 is 1. The highest BCUT2D eigenvalue weighted by atomic mass is 16.6. The molecule has 5 nitrogen and oxygen atoms in total. The summed E-state index contributed by atoms with van der Waals surface area (Å²) in [6.07, 6.45) is 6.35. The monoisotopic (exact) mass is 295 g/mol. The molecule has 1 amide bonds. The van der Waals surface area contributed by atoms with Crippen molar-refractivity contribution >= 4 is 12.1 Å². The smallest absolute Gasteiger partial charge is 0.410 e. The van der Waals surface area contributed by atoms with E-state index in [4.69, 9.17) is 9.47 Å².